The molecular weight excluding hydrogens is 234 g/mol. The molecule has 0 aliphatic heterocycles. The van der Waals surface area contributed by atoms with Crippen LogP contribution in [0.4, 0.5) is 5.69 Å². The maximum atomic E-state index is 11.6. The fourth-order valence-corrected chi connectivity index (χ4v) is 2.03. The van der Waals surface area contributed by atoms with Crippen molar-refractivity contribution in [2.45, 2.75) is 26.0 Å². The molecule has 5 heteroatoms. The molecule has 3 nitrogen and oxygen atoms in total. The van der Waals surface area contributed by atoms with Gasteiger partial charge in [0.15, 0.2) is 0 Å². The quantitative estimate of drug-likeness (QED) is 0.893. The molecule has 0 aliphatic carbocycles. The molecule has 1 N–H and O–H groups in total. The van der Waals surface area contributed by atoms with Crippen molar-refractivity contribution in [2.24, 2.45) is 0 Å². The Bertz CT molecular complexity index is 454. The van der Waals surface area contributed by atoms with Gasteiger partial charge in [-0.05, 0) is 38.5 Å². The average molecular weight is 248 g/mol. The van der Waals surface area contributed by atoms with Crippen LogP contribution in [0.1, 0.15) is 19.4 Å². The smallest absolute Gasteiger partial charge is 0.235 e. The summed E-state index contributed by atoms with van der Waals surface area (Å²) in [5, 5.41) is -0.0610. The first kappa shape index (κ1) is 12.3. The van der Waals surface area contributed by atoms with Crippen LogP contribution in [-0.4, -0.2) is 13.7 Å². The second-order valence-corrected chi connectivity index (χ2v) is 6.32. The Morgan fingerprint density at radius 3 is 2.40 bits per heavy atom. The predicted octanol–water partition coefficient (Wildman–Crippen LogP) is 2.80. The monoisotopic (exact) mass is 247 g/mol. The summed E-state index contributed by atoms with van der Waals surface area (Å²) in [4.78, 5) is 0. The third kappa shape index (κ3) is 3.11. The van der Waals surface area contributed by atoms with E-state index in [2.05, 4.69) is 4.72 Å². The molecule has 1 aromatic rings. The lowest BCUT2D eigenvalue weighted by atomic mass is 10.2. The van der Waals surface area contributed by atoms with Crippen molar-refractivity contribution in [1.82, 2.24) is 0 Å². The van der Waals surface area contributed by atoms with Gasteiger partial charge >= 0.3 is 0 Å². The number of nitrogens with one attached hydrogen (secondary N) is 1. The first-order valence-electron chi connectivity index (χ1n) is 4.60. The van der Waals surface area contributed by atoms with Crippen molar-refractivity contribution in [3.05, 3.63) is 28.8 Å². The zero-order valence-electron chi connectivity index (χ0n) is 8.91. The molecule has 0 amide bonds. The van der Waals surface area contributed by atoms with E-state index in [1.54, 1.807) is 26.0 Å². The molecule has 0 unspecified atom stereocenters. The van der Waals surface area contributed by atoms with Crippen LogP contribution in [0.15, 0.2) is 18.2 Å². The number of anilines is 1. The second kappa shape index (κ2) is 4.41. The van der Waals surface area contributed by atoms with E-state index in [1.807, 2.05) is 13.0 Å². The van der Waals surface area contributed by atoms with E-state index >= 15 is 0 Å². The molecule has 0 spiro atoms. The lowest BCUT2D eigenvalue weighted by Crippen LogP contribution is -2.22. The Morgan fingerprint density at radius 1 is 1.33 bits per heavy atom. The molecule has 0 atom stereocenters. The number of hydrogen-bond acceptors (Lipinski definition) is 2. The van der Waals surface area contributed by atoms with E-state index in [0.29, 0.717) is 10.7 Å². The lowest BCUT2D eigenvalue weighted by Gasteiger charge is -2.12. The molecule has 15 heavy (non-hydrogen) atoms. The molecule has 84 valence electrons. The fraction of sp³-hybridized carbons (Fsp3) is 0.400. The van der Waals surface area contributed by atoms with Crippen molar-refractivity contribution in [3.63, 3.8) is 0 Å². The largest absolute Gasteiger partial charge is 0.282 e. The maximum Gasteiger partial charge on any atom is 0.235 e. The number of halogens is 1. The second-order valence-electron chi connectivity index (χ2n) is 3.68. The Morgan fingerprint density at radius 2 is 1.93 bits per heavy atom. The summed E-state index contributed by atoms with van der Waals surface area (Å²) in [5.74, 6) is 0. The number of aryl methyl sites for hydroxylation is 1. The highest BCUT2D eigenvalue weighted by molar-refractivity contribution is 7.93. The minimum Gasteiger partial charge on any atom is -0.282 e. The highest BCUT2D eigenvalue weighted by atomic mass is 35.5. The van der Waals surface area contributed by atoms with Gasteiger partial charge < -0.3 is 0 Å². The number of rotatable bonds is 3. The maximum absolute atomic E-state index is 11.6. The predicted molar refractivity (Wildman–Crippen MR) is 63.9 cm³/mol. The van der Waals surface area contributed by atoms with Gasteiger partial charge in [0.05, 0.1) is 16.0 Å². The molecule has 0 saturated carbocycles. The molecule has 0 aliphatic rings. The molecule has 0 fully saturated rings. The van der Waals surface area contributed by atoms with E-state index in [9.17, 15) is 8.42 Å². The van der Waals surface area contributed by atoms with Gasteiger partial charge in [0.25, 0.3) is 0 Å². The van der Waals surface area contributed by atoms with Crippen molar-refractivity contribution >= 4 is 27.3 Å². The van der Waals surface area contributed by atoms with Crippen LogP contribution >= 0.6 is 11.6 Å². The van der Waals surface area contributed by atoms with Crippen molar-refractivity contribution in [3.8, 4) is 0 Å². The molecule has 1 aromatic carbocycles. The van der Waals surface area contributed by atoms with Gasteiger partial charge in [0, 0.05) is 0 Å². The van der Waals surface area contributed by atoms with Gasteiger partial charge in [0.2, 0.25) is 10.0 Å². The van der Waals surface area contributed by atoms with Gasteiger partial charge in [-0.1, -0.05) is 17.7 Å². The summed E-state index contributed by atoms with van der Waals surface area (Å²) in [6.07, 6.45) is 0. The SMILES string of the molecule is Cc1ccc(NS(=O)(=O)C(C)C)c(Cl)c1. The summed E-state index contributed by atoms with van der Waals surface area (Å²) < 4.78 is 25.6. The zero-order valence-corrected chi connectivity index (χ0v) is 10.5. The van der Waals surface area contributed by atoms with Crippen LogP contribution in [-0.2, 0) is 10.0 Å². The summed E-state index contributed by atoms with van der Waals surface area (Å²) in [5.41, 5.74) is 1.42. The summed E-state index contributed by atoms with van der Waals surface area (Å²) in [6, 6.07) is 5.20. The van der Waals surface area contributed by atoms with Crippen molar-refractivity contribution in [1.29, 1.82) is 0 Å². The third-order valence-electron chi connectivity index (χ3n) is 2.00. The Labute approximate surface area is 95.5 Å². The van der Waals surface area contributed by atoms with Gasteiger partial charge in [0.1, 0.15) is 0 Å². The minimum absolute atomic E-state index is 0.416. The summed E-state index contributed by atoms with van der Waals surface area (Å²) >= 11 is 5.91. The van der Waals surface area contributed by atoms with Gasteiger partial charge in [-0.2, -0.15) is 0 Å². The van der Waals surface area contributed by atoms with Crippen molar-refractivity contribution in [2.75, 3.05) is 4.72 Å². The average Bonchev–Trinajstić information content (AvgIpc) is 2.09. The topological polar surface area (TPSA) is 46.2 Å². The molecule has 0 aromatic heterocycles. The number of benzene rings is 1. The van der Waals surface area contributed by atoms with Gasteiger partial charge in [-0.3, -0.25) is 4.72 Å². The van der Waals surface area contributed by atoms with Crippen LogP contribution in [0.3, 0.4) is 0 Å². The van der Waals surface area contributed by atoms with E-state index in [1.165, 1.54) is 0 Å². The third-order valence-corrected chi connectivity index (χ3v) is 4.06. The fourth-order valence-electron chi connectivity index (χ4n) is 0.974. The Hall–Kier alpha value is -0.740. The van der Waals surface area contributed by atoms with E-state index < -0.39 is 15.3 Å². The molecule has 0 heterocycles. The first-order chi connectivity index (χ1) is 6.83. The van der Waals surface area contributed by atoms with Crippen LogP contribution < -0.4 is 4.72 Å². The van der Waals surface area contributed by atoms with Crippen molar-refractivity contribution < 1.29 is 8.42 Å². The highest BCUT2D eigenvalue weighted by Gasteiger charge is 2.16. The summed E-state index contributed by atoms with van der Waals surface area (Å²) in [7, 11) is -3.32. The Balaban J connectivity index is 3.01. The molecular formula is C10H14ClNO2S. The molecule has 0 radical (unpaired) electrons. The van der Waals surface area contributed by atoms with E-state index in [4.69, 9.17) is 11.6 Å². The van der Waals surface area contributed by atoms with Crippen LogP contribution in [0.25, 0.3) is 0 Å². The standard InChI is InChI=1S/C10H14ClNO2S/c1-7(2)15(13,14)12-10-5-4-8(3)6-9(10)11/h4-7,12H,1-3H3. The minimum atomic E-state index is -3.32. The molecule has 0 bridgehead atoms. The number of hydrogen-bond donors (Lipinski definition) is 1. The van der Waals surface area contributed by atoms with Gasteiger partial charge in [-0.15, -0.1) is 0 Å². The molecule has 1 rings (SSSR count). The van der Waals surface area contributed by atoms with E-state index in [0.717, 1.165) is 5.56 Å². The Kier molecular flexibility index (Phi) is 3.62. The highest BCUT2D eigenvalue weighted by Crippen LogP contribution is 2.24. The van der Waals surface area contributed by atoms with Crippen LogP contribution in [0, 0.1) is 6.92 Å². The number of sulfonamides is 1. The van der Waals surface area contributed by atoms with E-state index in [-0.39, 0.29) is 0 Å². The summed E-state index contributed by atoms with van der Waals surface area (Å²) in [6.45, 7) is 5.13. The first-order valence-corrected chi connectivity index (χ1v) is 6.53. The van der Waals surface area contributed by atoms with Crippen LogP contribution in [0.2, 0.25) is 5.02 Å². The molecule has 0 saturated heterocycles. The van der Waals surface area contributed by atoms with Gasteiger partial charge in [-0.25, -0.2) is 8.42 Å². The van der Waals surface area contributed by atoms with Crippen LogP contribution in [0.5, 0.6) is 0 Å². The normalized spacial score (nSPS) is 11.8. The zero-order chi connectivity index (χ0) is 11.6. The lowest BCUT2D eigenvalue weighted by molar-refractivity contribution is 0.593.